The molecule has 1 aliphatic rings. The first kappa shape index (κ1) is 20.3. The fourth-order valence-corrected chi connectivity index (χ4v) is 5.14. The number of carbonyl (C=O) groups is 1. The summed E-state index contributed by atoms with van der Waals surface area (Å²) < 4.78 is 24.9. The van der Waals surface area contributed by atoms with Crippen LogP contribution in [-0.4, -0.2) is 53.1 Å². The zero-order valence-corrected chi connectivity index (χ0v) is 16.9. The molecular weight excluding hydrogens is 378 g/mol. The third kappa shape index (κ3) is 4.86. The number of carbonyl (C=O) groups excluding carboxylic acids is 1. The van der Waals surface area contributed by atoms with Crippen LogP contribution < -0.4 is 5.56 Å². The van der Waals surface area contributed by atoms with E-state index in [9.17, 15) is 18.0 Å². The van der Waals surface area contributed by atoms with Crippen LogP contribution in [0.4, 0.5) is 0 Å². The predicted molar refractivity (Wildman–Crippen MR) is 108 cm³/mol. The zero-order chi connectivity index (χ0) is 20.3. The Bertz CT molecular complexity index is 1000. The lowest BCUT2D eigenvalue weighted by Crippen LogP contribution is -2.46. The minimum atomic E-state index is -3.11. The molecule has 2 aromatic rings. The molecule has 0 saturated carbocycles. The fourth-order valence-electron chi connectivity index (χ4n) is 3.41. The van der Waals surface area contributed by atoms with E-state index in [1.165, 1.54) is 6.07 Å². The molecule has 0 aliphatic carbocycles. The molecule has 1 aliphatic heterocycles. The van der Waals surface area contributed by atoms with Gasteiger partial charge in [-0.3, -0.25) is 9.59 Å². The molecule has 1 fully saturated rings. The molecule has 28 heavy (non-hydrogen) atoms. The number of benzene rings is 1. The normalized spacial score (nSPS) is 18.3. The van der Waals surface area contributed by atoms with Crippen molar-refractivity contribution in [1.82, 2.24) is 14.7 Å². The first-order chi connectivity index (χ1) is 13.2. The van der Waals surface area contributed by atoms with Gasteiger partial charge in [0.25, 0.3) is 5.56 Å². The van der Waals surface area contributed by atoms with Crippen LogP contribution in [0.25, 0.3) is 11.3 Å². The molecule has 2 heterocycles. The van der Waals surface area contributed by atoms with Gasteiger partial charge in [0.2, 0.25) is 5.91 Å². The first-order valence-electron chi connectivity index (χ1n) is 9.38. The molecule has 0 bridgehead atoms. The smallest absolute Gasteiger partial charge is 0.267 e. The summed E-state index contributed by atoms with van der Waals surface area (Å²) in [5.74, 6) is -0.0118. The Morgan fingerprint density at radius 3 is 2.54 bits per heavy atom. The summed E-state index contributed by atoms with van der Waals surface area (Å²) in [4.78, 5) is 26.8. The Hall–Kier alpha value is -2.48. The van der Waals surface area contributed by atoms with Crippen LogP contribution in [0.2, 0.25) is 0 Å². The van der Waals surface area contributed by atoms with Crippen LogP contribution in [0, 0.1) is 5.92 Å². The molecular formula is C20H25N3O4S. The molecule has 1 atom stereocenters. The van der Waals surface area contributed by atoms with Gasteiger partial charge in [0.1, 0.15) is 6.54 Å². The predicted octanol–water partition coefficient (Wildman–Crippen LogP) is 1.58. The van der Waals surface area contributed by atoms with Crippen LogP contribution in [0.15, 0.2) is 47.3 Å². The summed E-state index contributed by atoms with van der Waals surface area (Å²) in [7, 11) is -3.11. The van der Waals surface area contributed by atoms with Crippen molar-refractivity contribution in [3.63, 3.8) is 0 Å². The highest BCUT2D eigenvalue weighted by Crippen LogP contribution is 2.20. The Morgan fingerprint density at radius 1 is 1.21 bits per heavy atom. The highest BCUT2D eigenvalue weighted by atomic mass is 32.2. The topological polar surface area (TPSA) is 89.3 Å². The minimum absolute atomic E-state index is 0.0160. The highest BCUT2D eigenvalue weighted by Gasteiger charge is 2.35. The van der Waals surface area contributed by atoms with Gasteiger partial charge in [0.05, 0.1) is 17.2 Å². The average Bonchev–Trinajstić information content (AvgIpc) is 3.01. The van der Waals surface area contributed by atoms with Crippen LogP contribution in [0.1, 0.15) is 20.3 Å². The van der Waals surface area contributed by atoms with Crippen molar-refractivity contribution in [2.45, 2.75) is 32.9 Å². The van der Waals surface area contributed by atoms with Crippen molar-refractivity contribution < 1.29 is 13.2 Å². The molecule has 0 radical (unpaired) electrons. The van der Waals surface area contributed by atoms with Gasteiger partial charge in [-0.2, -0.15) is 5.10 Å². The highest BCUT2D eigenvalue weighted by molar-refractivity contribution is 7.91. The summed E-state index contributed by atoms with van der Waals surface area (Å²) in [6.07, 6.45) is 0.438. The van der Waals surface area contributed by atoms with Gasteiger partial charge in [-0.1, -0.05) is 44.2 Å². The maximum Gasteiger partial charge on any atom is 0.267 e. The number of aromatic nitrogens is 2. The van der Waals surface area contributed by atoms with Crippen molar-refractivity contribution in [3.05, 3.63) is 52.8 Å². The fraction of sp³-hybridized carbons (Fsp3) is 0.450. The van der Waals surface area contributed by atoms with E-state index in [0.29, 0.717) is 18.7 Å². The summed E-state index contributed by atoms with van der Waals surface area (Å²) in [6.45, 7) is 4.20. The lowest BCUT2D eigenvalue weighted by Gasteiger charge is -2.30. The van der Waals surface area contributed by atoms with Gasteiger partial charge < -0.3 is 4.90 Å². The second kappa shape index (κ2) is 8.26. The third-order valence-corrected chi connectivity index (χ3v) is 6.50. The standard InChI is InChI=1S/C20H25N3O4S/c1-15(2)12-22(17-10-11-28(26,27)14-17)20(25)13-23-19(24)9-8-18(21-23)16-6-4-3-5-7-16/h3-9,15,17H,10-14H2,1-2H3/t17-/m0/s1. The summed E-state index contributed by atoms with van der Waals surface area (Å²) in [5, 5.41) is 4.34. The van der Waals surface area contributed by atoms with Crippen LogP contribution in [0.5, 0.6) is 0 Å². The Kier molecular flexibility index (Phi) is 5.98. The van der Waals surface area contributed by atoms with E-state index in [1.807, 2.05) is 44.2 Å². The summed E-state index contributed by atoms with van der Waals surface area (Å²) in [6, 6.07) is 12.1. The van der Waals surface area contributed by atoms with Crippen molar-refractivity contribution in [2.24, 2.45) is 5.92 Å². The van der Waals surface area contributed by atoms with Crippen molar-refractivity contribution in [2.75, 3.05) is 18.1 Å². The Balaban J connectivity index is 1.84. The van der Waals surface area contributed by atoms with Gasteiger partial charge in [0, 0.05) is 24.2 Å². The van der Waals surface area contributed by atoms with Crippen LogP contribution in [0.3, 0.4) is 0 Å². The molecule has 1 saturated heterocycles. The van der Waals surface area contributed by atoms with E-state index < -0.39 is 9.84 Å². The van der Waals surface area contributed by atoms with Gasteiger partial charge >= 0.3 is 0 Å². The monoisotopic (exact) mass is 403 g/mol. The number of hydrogen-bond acceptors (Lipinski definition) is 5. The maximum absolute atomic E-state index is 13.0. The molecule has 1 amide bonds. The van der Waals surface area contributed by atoms with E-state index in [-0.39, 0.29) is 41.5 Å². The van der Waals surface area contributed by atoms with E-state index in [2.05, 4.69) is 5.10 Å². The van der Waals surface area contributed by atoms with E-state index in [1.54, 1.807) is 11.0 Å². The number of hydrogen-bond donors (Lipinski definition) is 0. The molecule has 1 aromatic carbocycles. The number of nitrogens with zero attached hydrogens (tertiary/aromatic N) is 3. The number of rotatable bonds is 6. The molecule has 0 N–H and O–H groups in total. The Labute approximate surface area is 164 Å². The zero-order valence-electron chi connectivity index (χ0n) is 16.1. The van der Waals surface area contributed by atoms with E-state index in [0.717, 1.165) is 10.2 Å². The summed E-state index contributed by atoms with van der Waals surface area (Å²) in [5.41, 5.74) is 1.09. The molecule has 1 aromatic heterocycles. The van der Waals surface area contributed by atoms with E-state index in [4.69, 9.17) is 0 Å². The van der Waals surface area contributed by atoms with E-state index >= 15 is 0 Å². The quantitative estimate of drug-likeness (QED) is 0.731. The van der Waals surface area contributed by atoms with Crippen molar-refractivity contribution in [3.8, 4) is 11.3 Å². The van der Waals surface area contributed by atoms with Crippen molar-refractivity contribution >= 4 is 15.7 Å². The number of sulfone groups is 1. The van der Waals surface area contributed by atoms with Gasteiger partial charge in [-0.05, 0) is 18.4 Å². The van der Waals surface area contributed by atoms with Gasteiger partial charge in [-0.25, -0.2) is 13.1 Å². The average molecular weight is 404 g/mol. The maximum atomic E-state index is 13.0. The molecule has 8 heteroatoms. The lowest BCUT2D eigenvalue weighted by molar-refractivity contribution is -0.134. The molecule has 150 valence electrons. The first-order valence-corrected chi connectivity index (χ1v) is 11.2. The SMILES string of the molecule is CC(C)CN(C(=O)Cn1nc(-c2ccccc2)ccc1=O)[C@H]1CCS(=O)(=O)C1. The largest absolute Gasteiger partial charge is 0.337 e. The Morgan fingerprint density at radius 2 is 1.93 bits per heavy atom. The van der Waals surface area contributed by atoms with Gasteiger partial charge in [0.15, 0.2) is 9.84 Å². The van der Waals surface area contributed by atoms with Crippen LogP contribution in [-0.2, 0) is 21.2 Å². The third-order valence-electron chi connectivity index (χ3n) is 4.75. The minimum Gasteiger partial charge on any atom is -0.337 e. The van der Waals surface area contributed by atoms with Crippen molar-refractivity contribution in [1.29, 1.82) is 0 Å². The molecule has 0 spiro atoms. The van der Waals surface area contributed by atoms with Crippen LogP contribution >= 0.6 is 0 Å². The van der Waals surface area contributed by atoms with Gasteiger partial charge in [-0.15, -0.1) is 0 Å². The second-order valence-electron chi connectivity index (χ2n) is 7.58. The second-order valence-corrected chi connectivity index (χ2v) is 9.81. The lowest BCUT2D eigenvalue weighted by atomic mass is 10.1. The molecule has 3 rings (SSSR count). The number of amides is 1. The molecule has 0 unspecified atom stereocenters. The summed E-state index contributed by atoms with van der Waals surface area (Å²) >= 11 is 0. The molecule has 7 nitrogen and oxygen atoms in total.